The van der Waals surface area contributed by atoms with Crippen LogP contribution in [-0.2, 0) is 4.79 Å². The van der Waals surface area contributed by atoms with Gasteiger partial charge < -0.3 is 5.11 Å². The van der Waals surface area contributed by atoms with Gasteiger partial charge in [-0.25, -0.2) is 0 Å². The molecular weight excluding hydrogens is 190 g/mol. The highest BCUT2D eigenvalue weighted by Gasteiger charge is 2.40. The summed E-state index contributed by atoms with van der Waals surface area (Å²) in [6, 6.07) is 0.919. The van der Waals surface area contributed by atoms with Crippen LogP contribution in [-0.4, -0.2) is 40.5 Å². The second-order valence-corrected chi connectivity index (χ2v) is 5.30. The quantitative estimate of drug-likeness (QED) is 0.762. The number of aliphatic hydroxyl groups is 1. The van der Waals surface area contributed by atoms with Crippen molar-refractivity contribution in [3.63, 3.8) is 0 Å². The van der Waals surface area contributed by atoms with Crippen LogP contribution in [0.3, 0.4) is 0 Å². The van der Waals surface area contributed by atoms with Gasteiger partial charge in [-0.3, -0.25) is 9.69 Å². The molecular formula is C12H21NO2. The van der Waals surface area contributed by atoms with E-state index in [-0.39, 0.29) is 12.0 Å². The van der Waals surface area contributed by atoms with Crippen molar-refractivity contribution >= 4 is 5.78 Å². The monoisotopic (exact) mass is 211 g/mol. The molecule has 1 N–H and O–H groups in total. The number of piperidine rings is 1. The van der Waals surface area contributed by atoms with Crippen LogP contribution in [0.25, 0.3) is 0 Å². The molecule has 15 heavy (non-hydrogen) atoms. The molecule has 2 heterocycles. The van der Waals surface area contributed by atoms with Crippen LogP contribution in [0.15, 0.2) is 0 Å². The predicted octanol–water partition coefficient (Wildman–Crippen LogP) is 1.20. The topological polar surface area (TPSA) is 40.5 Å². The molecule has 2 atom stereocenters. The molecule has 0 saturated carbocycles. The average Bonchev–Trinajstić information content (AvgIpc) is 2.42. The van der Waals surface area contributed by atoms with Gasteiger partial charge in [-0.2, -0.15) is 0 Å². The SMILES string of the molecule is CC(C)C(=O)CN1C2CCC1CC(O)C2. The number of hydrogen-bond acceptors (Lipinski definition) is 3. The van der Waals surface area contributed by atoms with Crippen molar-refractivity contribution in [2.75, 3.05) is 6.54 Å². The minimum atomic E-state index is -0.132. The van der Waals surface area contributed by atoms with Crippen LogP contribution in [0.4, 0.5) is 0 Å². The lowest BCUT2D eigenvalue weighted by Crippen LogP contribution is -2.47. The summed E-state index contributed by atoms with van der Waals surface area (Å²) in [7, 11) is 0. The third-order valence-corrected chi connectivity index (χ3v) is 3.84. The number of carbonyl (C=O) groups is 1. The molecule has 2 bridgehead atoms. The van der Waals surface area contributed by atoms with Crippen LogP contribution >= 0.6 is 0 Å². The van der Waals surface area contributed by atoms with E-state index in [0.717, 1.165) is 25.7 Å². The summed E-state index contributed by atoms with van der Waals surface area (Å²) in [5.74, 6) is 0.472. The van der Waals surface area contributed by atoms with Crippen LogP contribution < -0.4 is 0 Å². The number of aliphatic hydroxyl groups excluding tert-OH is 1. The van der Waals surface area contributed by atoms with E-state index in [1.54, 1.807) is 0 Å². The van der Waals surface area contributed by atoms with E-state index in [1.165, 1.54) is 0 Å². The van der Waals surface area contributed by atoms with Crippen LogP contribution in [0.5, 0.6) is 0 Å². The first-order chi connectivity index (χ1) is 7.08. The third-order valence-electron chi connectivity index (χ3n) is 3.84. The Hall–Kier alpha value is -0.410. The Kier molecular flexibility index (Phi) is 3.12. The Morgan fingerprint density at radius 3 is 2.33 bits per heavy atom. The number of nitrogens with zero attached hydrogens (tertiary/aromatic N) is 1. The molecule has 0 aromatic carbocycles. The molecule has 0 spiro atoms. The van der Waals surface area contributed by atoms with Crippen molar-refractivity contribution in [1.82, 2.24) is 4.90 Å². The molecule has 3 heteroatoms. The van der Waals surface area contributed by atoms with E-state index >= 15 is 0 Å². The van der Waals surface area contributed by atoms with Gasteiger partial charge in [0.1, 0.15) is 5.78 Å². The van der Waals surface area contributed by atoms with Crippen molar-refractivity contribution in [2.45, 2.75) is 57.7 Å². The van der Waals surface area contributed by atoms with Gasteiger partial charge in [-0.1, -0.05) is 13.8 Å². The van der Waals surface area contributed by atoms with Crippen molar-refractivity contribution < 1.29 is 9.90 Å². The van der Waals surface area contributed by atoms with Gasteiger partial charge in [0.25, 0.3) is 0 Å². The second-order valence-electron chi connectivity index (χ2n) is 5.30. The minimum Gasteiger partial charge on any atom is -0.393 e. The lowest BCUT2D eigenvalue weighted by molar-refractivity contribution is -0.124. The Labute approximate surface area is 91.5 Å². The van der Waals surface area contributed by atoms with Gasteiger partial charge in [-0.15, -0.1) is 0 Å². The number of hydrogen-bond donors (Lipinski definition) is 1. The lowest BCUT2D eigenvalue weighted by atomic mass is 9.98. The Bertz CT molecular complexity index is 238. The summed E-state index contributed by atoms with van der Waals surface area (Å²) >= 11 is 0. The standard InChI is InChI=1S/C12H21NO2/c1-8(2)12(15)7-13-9-3-4-10(13)6-11(14)5-9/h8-11,14H,3-7H2,1-2H3. The zero-order chi connectivity index (χ0) is 11.0. The van der Waals surface area contributed by atoms with E-state index in [1.807, 2.05) is 13.8 Å². The van der Waals surface area contributed by atoms with E-state index < -0.39 is 0 Å². The molecule has 0 aromatic heterocycles. The van der Waals surface area contributed by atoms with E-state index in [2.05, 4.69) is 4.90 Å². The van der Waals surface area contributed by atoms with Crippen molar-refractivity contribution in [2.24, 2.45) is 5.92 Å². The highest BCUT2D eigenvalue weighted by atomic mass is 16.3. The fourth-order valence-electron chi connectivity index (χ4n) is 2.87. The molecule has 2 fully saturated rings. The summed E-state index contributed by atoms with van der Waals surface area (Å²) in [6.07, 6.45) is 3.91. The van der Waals surface area contributed by atoms with Gasteiger partial charge >= 0.3 is 0 Å². The summed E-state index contributed by atoms with van der Waals surface area (Å²) in [6.45, 7) is 4.52. The number of rotatable bonds is 3. The minimum absolute atomic E-state index is 0.132. The number of ketones is 1. The van der Waals surface area contributed by atoms with Crippen LogP contribution in [0.1, 0.15) is 39.5 Å². The maximum atomic E-state index is 11.7. The summed E-state index contributed by atoms with van der Waals surface area (Å²) in [4.78, 5) is 14.0. The third kappa shape index (κ3) is 2.23. The molecule has 2 aliphatic rings. The maximum absolute atomic E-state index is 11.7. The molecule has 2 saturated heterocycles. The molecule has 0 radical (unpaired) electrons. The average molecular weight is 211 g/mol. The van der Waals surface area contributed by atoms with E-state index in [4.69, 9.17) is 0 Å². The zero-order valence-corrected chi connectivity index (χ0v) is 9.65. The maximum Gasteiger partial charge on any atom is 0.149 e. The normalized spacial score (nSPS) is 36.1. The molecule has 3 nitrogen and oxygen atoms in total. The Morgan fingerprint density at radius 2 is 1.87 bits per heavy atom. The van der Waals surface area contributed by atoms with Gasteiger partial charge in [0.15, 0.2) is 0 Å². The predicted molar refractivity (Wildman–Crippen MR) is 58.6 cm³/mol. The Balaban J connectivity index is 1.97. The van der Waals surface area contributed by atoms with Gasteiger partial charge in [-0.05, 0) is 25.7 Å². The van der Waals surface area contributed by atoms with Crippen LogP contribution in [0, 0.1) is 5.92 Å². The molecule has 0 aromatic rings. The van der Waals surface area contributed by atoms with Crippen LogP contribution in [0.2, 0.25) is 0 Å². The molecule has 2 unspecified atom stereocenters. The summed E-state index contributed by atoms with van der Waals surface area (Å²) < 4.78 is 0. The lowest BCUT2D eigenvalue weighted by Gasteiger charge is -2.36. The molecule has 0 amide bonds. The van der Waals surface area contributed by atoms with Gasteiger partial charge in [0, 0.05) is 18.0 Å². The first kappa shape index (κ1) is 11.1. The van der Waals surface area contributed by atoms with Gasteiger partial charge in [0.05, 0.1) is 12.6 Å². The first-order valence-electron chi connectivity index (χ1n) is 6.04. The number of carbonyl (C=O) groups excluding carboxylic acids is 1. The largest absolute Gasteiger partial charge is 0.393 e. The highest BCUT2D eigenvalue weighted by molar-refractivity contribution is 5.82. The smallest absolute Gasteiger partial charge is 0.149 e. The fraction of sp³-hybridized carbons (Fsp3) is 0.917. The van der Waals surface area contributed by atoms with Crippen molar-refractivity contribution in [1.29, 1.82) is 0 Å². The molecule has 2 aliphatic heterocycles. The molecule has 86 valence electrons. The zero-order valence-electron chi connectivity index (χ0n) is 9.65. The second kappa shape index (κ2) is 4.22. The summed E-state index contributed by atoms with van der Waals surface area (Å²) in [5, 5.41) is 9.64. The highest BCUT2D eigenvalue weighted by Crippen LogP contribution is 2.35. The Morgan fingerprint density at radius 1 is 1.33 bits per heavy atom. The fourth-order valence-corrected chi connectivity index (χ4v) is 2.87. The molecule has 2 rings (SSSR count). The van der Waals surface area contributed by atoms with E-state index in [0.29, 0.717) is 24.4 Å². The number of fused-ring (bicyclic) bond motifs is 2. The first-order valence-corrected chi connectivity index (χ1v) is 6.04. The van der Waals surface area contributed by atoms with E-state index in [9.17, 15) is 9.90 Å². The van der Waals surface area contributed by atoms with Crippen molar-refractivity contribution in [3.05, 3.63) is 0 Å². The summed E-state index contributed by atoms with van der Waals surface area (Å²) in [5.41, 5.74) is 0. The van der Waals surface area contributed by atoms with Gasteiger partial charge in [0.2, 0.25) is 0 Å². The number of Topliss-reactive ketones (excluding diaryl/α,β-unsaturated/α-hetero) is 1. The molecule has 0 aliphatic carbocycles. The van der Waals surface area contributed by atoms with Crippen molar-refractivity contribution in [3.8, 4) is 0 Å².